The lowest BCUT2D eigenvalue weighted by Crippen LogP contribution is -2.14. The molecule has 1 aliphatic carbocycles. The molecule has 0 unspecified atom stereocenters. The Labute approximate surface area is 177 Å². The molecule has 0 atom stereocenters. The fourth-order valence-corrected chi connectivity index (χ4v) is 5.48. The number of nitrogens with zero attached hydrogens (tertiary/aromatic N) is 1. The molecule has 0 spiro atoms. The van der Waals surface area contributed by atoms with Gasteiger partial charge < -0.3 is 9.72 Å². The van der Waals surface area contributed by atoms with E-state index in [9.17, 15) is 9.59 Å². The normalized spacial score (nSPS) is 13.5. The second-order valence-electron chi connectivity index (χ2n) is 7.70. The molecular weight excluding hydrogens is 396 g/mol. The van der Waals surface area contributed by atoms with Gasteiger partial charge in [0.2, 0.25) is 0 Å². The van der Waals surface area contributed by atoms with Gasteiger partial charge in [0.05, 0.1) is 11.8 Å². The zero-order chi connectivity index (χ0) is 20.5. The van der Waals surface area contributed by atoms with E-state index < -0.39 is 0 Å². The Morgan fingerprint density at radius 2 is 1.93 bits per heavy atom. The van der Waals surface area contributed by atoms with Gasteiger partial charge in [0.1, 0.15) is 17.3 Å². The molecule has 0 fully saturated rings. The van der Waals surface area contributed by atoms with Crippen LogP contribution in [0, 0.1) is 0 Å². The van der Waals surface area contributed by atoms with Gasteiger partial charge in [-0.25, -0.2) is 4.98 Å². The molecule has 1 N–H and O–H groups in total. The fraction of sp³-hybridized carbons (Fsp3) is 0.292. The highest BCUT2D eigenvalue weighted by molar-refractivity contribution is 7.18. The number of ether oxygens (including phenoxy) is 1. The largest absolute Gasteiger partial charge is 0.461 e. The van der Waals surface area contributed by atoms with Crippen LogP contribution in [0.1, 0.15) is 41.1 Å². The predicted molar refractivity (Wildman–Crippen MR) is 119 cm³/mol. The van der Waals surface area contributed by atoms with E-state index >= 15 is 0 Å². The summed E-state index contributed by atoms with van der Waals surface area (Å²) < 4.78 is 5.49. The number of benzene rings is 2. The van der Waals surface area contributed by atoms with E-state index in [1.165, 1.54) is 16.9 Å². The van der Waals surface area contributed by atoms with E-state index in [1.807, 2.05) is 42.5 Å². The third-order valence-corrected chi connectivity index (χ3v) is 6.89. The van der Waals surface area contributed by atoms with Crippen molar-refractivity contribution in [3.8, 4) is 0 Å². The van der Waals surface area contributed by atoms with Gasteiger partial charge in [-0.15, -0.1) is 11.3 Å². The second-order valence-corrected chi connectivity index (χ2v) is 8.79. The van der Waals surface area contributed by atoms with Crippen molar-refractivity contribution in [3.63, 3.8) is 0 Å². The van der Waals surface area contributed by atoms with Gasteiger partial charge >= 0.3 is 5.97 Å². The summed E-state index contributed by atoms with van der Waals surface area (Å²) in [5.74, 6) is 0.254. The Morgan fingerprint density at radius 3 is 2.87 bits per heavy atom. The molecule has 5 nitrogen and oxygen atoms in total. The van der Waals surface area contributed by atoms with Crippen molar-refractivity contribution in [2.75, 3.05) is 0 Å². The first-order valence-corrected chi connectivity index (χ1v) is 11.2. The number of aromatic amines is 1. The molecule has 4 aromatic rings. The van der Waals surface area contributed by atoms with Crippen LogP contribution in [-0.4, -0.2) is 15.9 Å². The van der Waals surface area contributed by atoms with Crippen LogP contribution in [0.3, 0.4) is 0 Å². The molecular formula is C24H22N2O3S. The highest BCUT2D eigenvalue weighted by Gasteiger charge is 2.20. The Kier molecular flexibility index (Phi) is 5.09. The van der Waals surface area contributed by atoms with Crippen LogP contribution in [0.4, 0.5) is 0 Å². The fourth-order valence-electron chi connectivity index (χ4n) is 4.20. The predicted octanol–water partition coefficient (Wildman–Crippen LogP) is 4.69. The van der Waals surface area contributed by atoms with E-state index in [0.717, 1.165) is 45.8 Å². The minimum Gasteiger partial charge on any atom is -0.461 e. The molecule has 152 valence electrons. The number of fused-ring (bicyclic) bond motifs is 4. The van der Waals surface area contributed by atoms with Crippen LogP contribution in [-0.2, 0) is 35.4 Å². The van der Waals surface area contributed by atoms with E-state index in [2.05, 4.69) is 9.97 Å². The van der Waals surface area contributed by atoms with Crippen molar-refractivity contribution >= 4 is 38.3 Å². The Hall–Kier alpha value is -2.99. The molecule has 2 aromatic heterocycles. The van der Waals surface area contributed by atoms with Gasteiger partial charge in [0.25, 0.3) is 5.56 Å². The van der Waals surface area contributed by atoms with Crippen molar-refractivity contribution in [3.05, 3.63) is 74.6 Å². The highest BCUT2D eigenvalue weighted by Crippen LogP contribution is 2.33. The average Bonchev–Trinajstić information content (AvgIpc) is 3.15. The summed E-state index contributed by atoms with van der Waals surface area (Å²) in [5, 5.41) is 2.96. The van der Waals surface area contributed by atoms with Crippen LogP contribution in [0.25, 0.3) is 21.0 Å². The van der Waals surface area contributed by atoms with Gasteiger partial charge in [0.15, 0.2) is 0 Å². The van der Waals surface area contributed by atoms with Crippen molar-refractivity contribution in [2.45, 2.75) is 45.1 Å². The first kappa shape index (κ1) is 19.0. The van der Waals surface area contributed by atoms with Crippen LogP contribution in [0.15, 0.2) is 47.3 Å². The van der Waals surface area contributed by atoms with Gasteiger partial charge in [-0.2, -0.15) is 0 Å². The number of thiophene rings is 1. The quantitative estimate of drug-likeness (QED) is 0.477. The third-order valence-electron chi connectivity index (χ3n) is 5.71. The lowest BCUT2D eigenvalue weighted by atomic mass is 9.97. The smallest absolute Gasteiger partial charge is 0.306 e. The maximum atomic E-state index is 12.6. The summed E-state index contributed by atoms with van der Waals surface area (Å²) in [6.07, 6.45) is 4.84. The third kappa shape index (κ3) is 3.63. The first-order chi connectivity index (χ1) is 14.7. The van der Waals surface area contributed by atoms with Gasteiger partial charge in [-0.3, -0.25) is 9.59 Å². The number of rotatable bonds is 5. The summed E-state index contributed by atoms with van der Waals surface area (Å²) in [5.41, 5.74) is 2.08. The lowest BCUT2D eigenvalue weighted by Gasteiger charge is -2.09. The summed E-state index contributed by atoms with van der Waals surface area (Å²) in [6.45, 7) is 0.237. The first-order valence-electron chi connectivity index (χ1n) is 10.3. The molecule has 0 aliphatic heterocycles. The van der Waals surface area contributed by atoms with Crippen molar-refractivity contribution in [1.82, 2.24) is 9.97 Å². The minimum absolute atomic E-state index is 0.0847. The lowest BCUT2D eigenvalue weighted by molar-refractivity contribution is -0.144. The zero-order valence-electron chi connectivity index (χ0n) is 16.6. The number of nitrogens with one attached hydrogen (secondary N) is 1. The highest BCUT2D eigenvalue weighted by atomic mass is 32.1. The Balaban J connectivity index is 1.26. The Morgan fingerprint density at radius 1 is 1.10 bits per heavy atom. The Bertz CT molecular complexity index is 1300. The van der Waals surface area contributed by atoms with Crippen LogP contribution in [0.2, 0.25) is 0 Å². The van der Waals surface area contributed by atoms with E-state index in [0.29, 0.717) is 12.2 Å². The summed E-state index contributed by atoms with van der Waals surface area (Å²) >= 11 is 1.62. The number of hydrogen-bond acceptors (Lipinski definition) is 5. The average molecular weight is 419 g/mol. The van der Waals surface area contributed by atoms with Crippen molar-refractivity contribution < 1.29 is 9.53 Å². The molecule has 2 heterocycles. The number of carbonyl (C=O) groups excluding carboxylic acids is 1. The number of carbonyl (C=O) groups is 1. The molecule has 1 aliphatic rings. The second kappa shape index (κ2) is 8.03. The zero-order valence-corrected chi connectivity index (χ0v) is 17.4. The molecule has 2 aromatic carbocycles. The molecule has 30 heavy (non-hydrogen) atoms. The molecule has 0 amide bonds. The molecule has 0 saturated carbocycles. The van der Waals surface area contributed by atoms with Gasteiger partial charge in [-0.05, 0) is 47.6 Å². The molecule has 0 saturated heterocycles. The van der Waals surface area contributed by atoms with Crippen molar-refractivity contribution in [1.29, 1.82) is 0 Å². The van der Waals surface area contributed by atoms with Crippen LogP contribution < -0.4 is 5.56 Å². The number of aryl methyl sites for hydroxylation is 3. The van der Waals surface area contributed by atoms with E-state index in [1.54, 1.807) is 11.3 Å². The van der Waals surface area contributed by atoms with Gasteiger partial charge in [-0.1, -0.05) is 42.5 Å². The number of aromatic nitrogens is 2. The molecule has 5 rings (SSSR count). The summed E-state index contributed by atoms with van der Waals surface area (Å²) in [4.78, 5) is 34.5. The van der Waals surface area contributed by atoms with Crippen LogP contribution >= 0.6 is 11.3 Å². The van der Waals surface area contributed by atoms with Gasteiger partial charge in [0, 0.05) is 11.3 Å². The molecule has 0 bridgehead atoms. The molecule has 6 heteroatoms. The number of H-pyrrole nitrogens is 1. The standard InChI is InChI=1S/C24H22N2O3S/c27-21(29-14-16-8-5-7-15-6-1-2-9-17(15)16)13-12-20-25-23(28)22-18-10-3-4-11-19(18)30-24(22)26-20/h1-2,5-9H,3-4,10-14H2,(H,25,26,28). The monoisotopic (exact) mass is 418 g/mol. The van der Waals surface area contributed by atoms with Crippen LogP contribution in [0.5, 0.6) is 0 Å². The van der Waals surface area contributed by atoms with E-state index in [4.69, 9.17) is 4.74 Å². The maximum absolute atomic E-state index is 12.6. The molecule has 0 radical (unpaired) electrons. The minimum atomic E-state index is -0.295. The topological polar surface area (TPSA) is 72.0 Å². The maximum Gasteiger partial charge on any atom is 0.306 e. The van der Waals surface area contributed by atoms with Crippen molar-refractivity contribution in [2.24, 2.45) is 0 Å². The summed E-state index contributed by atoms with van der Waals surface area (Å²) in [7, 11) is 0. The SMILES string of the molecule is O=C(CCc1nc2sc3c(c2c(=O)[nH]1)CCCC3)OCc1cccc2ccccc12. The van der Waals surface area contributed by atoms with E-state index in [-0.39, 0.29) is 24.6 Å². The summed E-state index contributed by atoms with van der Waals surface area (Å²) in [6, 6.07) is 14.0. The number of hydrogen-bond donors (Lipinski definition) is 1. The number of esters is 1.